The molecule has 2 heteroatoms. The third kappa shape index (κ3) is 5.63. The molecule has 1 rings (SSSR count). The summed E-state index contributed by atoms with van der Waals surface area (Å²) in [6.45, 7) is 4.17. The molecule has 42 valence electrons. The van der Waals surface area contributed by atoms with E-state index in [-0.39, 0.29) is 0 Å². The van der Waals surface area contributed by atoms with Crippen LogP contribution in [0.3, 0.4) is 0 Å². The van der Waals surface area contributed by atoms with Crippen LogP contribution in [0.25, 0.3) is 0 Å². The molecule has 0 bridgehead atoms. The van der Waals surface area contributed by atoms with E-state index in [4.69, 9.17) is 5.41 Å². The second-order valence-electron chi connectivity index (χ2n) is 1.39. The van der Waals surface area contributed by atoms with Crippen molar-refractivity contribution in [3.05, 3.63) is 0 Å². The van der Waals surface area contributed by atoms with E-state index in [1.807, 2.05) is 0 Å². The van der Waals surface area contributed by atoms with Gasteiger partial charge in [0.25, 0.3) is 0 Å². The SMILES string of the molecule is C1CNC1.CC=N. The average molecular weight is 100 g/mol. The molecular weight excluding hydrogens is 88.1 g/mol. The monoisotopic (exact) mass is 100 g/mol. The first-order chi connectivity index (χ1) is 3.41. The quantitative estimate of drug-likeness (QED) is 0.430. The first-order valence-corrected chi connectivity index (χ1v) is 2.57. The zero-order valence-corrected chi connectivity index (χ0v) is 4.70. The van der Waals surface area contributed by atoms with E-state index in [1.165, 1.54) is 25.7 Å². The molecule has 1 heterocycles. The zero-order valence-electron chi connectivity index (χ0n) is 4.70. The van der Waals surface area contributed by atoms with Crippen LogP contribution in [0, 0.1) is 5.41 Å². The Kier molecular flexibility index (Phi) is 5.33. The summed E-state index contributed by atoms with van der Waals surface area (Å²) in [6, 6.07) is 0. The van der Waals surface area contributed by atoms with E-state index in [2.05, 4.69) is 5.32 Å². The molecule has 0 aromatic heterocycles. The maximum atomic E-state index is 6.08. The maximum Gasteiger partial charge on any atom is -0.00368 e. The predicted molar refractivity (Wildman–Crippen MR) is 31.9 cm³/mol. The molecule has 1 aliphatic heterocycles. The Morgan fingerprint density at radius 2 is 1.71 bits per heavy atom. The number of hydrogen-bond donors (Lipinski definition) is 2. The molecule has 1 aliphatic rings. The Labute approximate surface area is 44.4 Å². The summed E-state index contributed by atoms with van der Waals surface area (Å²) in [6.07, 6.45) is 2.64. The van der Waals surface area contributed by atoms with Gasteiger partial charge in [-0.1, -0.05) is 0 Å². The smallest absolute Gasteiger partial charge is 0.00368 e. The Morgan fingerprint density at radius 3 is 1.71 bits per heavy atom. The van der Waals surface area contributed by atoms with E-state index >= 15 is 0 Å². The van der Waals surface area contributed by atoms with Crippen molar-refractivity contribution in [1.29, 1.82) is 5.41 Å². The third-order valence-corrected chi connectivity index (χ3v) is 0.707. The van der Waals surface area contributed by atoms with Gasteiger partial charge in [-0.15, -0.1) is 0 Å². The lowest BCUT2D eigenvalue weighted by Crippen LogP contribution is -2.29. The highest BCUT2D eigenvalue weighted by Crippen LogP contribution is 1.80. The van der Waals surface area contributed by atoms with Gasteiger partial charge in [0.15, 0.2) is 0 Å². The standard InChI is InChI=1S/C3H7N.C2H5N/c1-2-4-3-1;1-2-3/h4H,1-3H2;2-3H,1H3. The Morgan fingerprint density at radius 1 is 1.57 bits per heavy atom. The Bertz CT molecular complexity index is 35.3. The second-order valence-corrected chi connectivity index (χ2v) is 1.39. The number of hydrogen-bond acceptors (Lipinski definition) is 2. The Balaban J connectivity index is 0.000000110. The van der Waals surface area contributed by atoms with Gasteiger partial charge in [0.2, 0.25) is 0 Å². The van der Waals surface area contributed by atoms with Crippen molar-refractivity contribution in [3.8, 4) is 0 Å². The van der Waals surface area contributed by atoms with Gasteiger partial charge in [-0.3, -0.25) is 0 Å². The summed E-state index contributed by atoms with van der Waals surface area (Å²) < 4.78 is 0. The highest BCUT2D eigenvalue weighted by molar-refractivity contribution is 5.48. The van der Waals surface area contributed by atoms with Gasteiger partial charge in [-0.05, 0) is 32.6 Å². The van der Waals surface area contributed by atoms with Gasteiger partial charge in [0, 0.05) is 0 Å². The highest BCUT2D eigenvalue weighted by Gasteiger charge is 1.92. The fourth-order valence-electron chi connectivity index (χ4n) is 0.177. The van der Waals surface area contributed by atoms with Crippen molar-refractivity contribution < 1.29 is 0 Å². The lowest BCUT2D eigenvalue weighted by molar-refractivity contribution is 0.527. The normalized spacial score (nSPS) is 15.6. The molecule has 2 nitrogen and oxygen atoms in total. The number of rotatable bonds is 0. The van der Waals surface area contributed by atoms with Crippen molar-refractivity contribution in [2.75, 3.05) is 13.1 Å². The third-order valence-electron chi connectivity index (χ3n) is 0.707. The van der Waals surface area contributed by atoms with E-state index in [0.717, 1.165) is 0 Å². The summed E-state index contributed by atoms with van der Waals surface area (Å²) in [5.41, 5.74) is 0. The molecule has 0 saturated carbocycles. The minimum Gasteiger partial charge on any atom is -0.317 e. The van der Waals surface area contributed by atoms with E-state index < -0.39 is 0 Å². The lowest BCUT2D eigenvalue weighted by Gasteiger charge is -2.09. The summed E-state index contributed by atoms with van der Waals surface area (Å²) in [7, 11) is 0. The summed E-state index contributed by atoms with van der Waals surface area (Å²) >= 11 is 0. The van der Waals surface area contributed by atoms with Gasteiger partial charge in [0.1, 0.15) is 0 Å². The van der Waals surface area contributed by atoms with Gasteiger partial charge in [0.05, 0.1) is 0 Å². The van der Waals surface area contributed by atoms with Crippen LogP contribution in [0.4, 0.5) is 0 Å². The fourth-order valence-corrected chi connectivity index (χ4v) is 0.177. The summed E-state index contributed by atoms with van der Waals surface area (Å²) in [5, 5.41) is 9.19. The summed E-state index contributed by atoms with van der Waals surface area (Å²) in [4.78, 5) is 0. The van der Waals surface area contributed by atoms with Gasteiger partial charge >= 0.3 is 0 Å². The molecule has 0 aromatic carbocycles. The van der Waals surface area contributed by atoms with Crippen LogP contribution < -0.4 is 5.32 Å². The molecule has 2 N–H and O–H groups in total. The van der Waals surface area contributed by atoms with Crippen LogP contribution >= 0.6 is 0 Å². The van der Waals surface area contributed by atoms with Gasteiger partial charge < -0.3 is 10.7 Å². The lowest BCUT2D eigenvalue weighted by atomic mass is 10.3. The molecule has 0 aromatic rings. The molecule has 0 aliphatic carbocycles. The number of nitrogens with one attached hydrogen (secondary N) is 2. The first kappa shape index (κ1) is 6.63. The van der Waals surface area contributed by atoms with Crippen molar-refractivity contribution in [2.45, 2.75) is 13.3 Å². The van der Waals surface area contributed by atoms with E-state index in [0.29, 0.717) is 0 Å². The zero-order chi connectivity index (χ0) is 5.54. The molecular formula is C5H12N2. The van der Waals surface area contributed by atoms with E-state index in [9.17, 15) is 0 Å². The molecule has 0 unspecified atom stereocenters. The average Bonchev–Trinajstić information content (AvgIpc) is 1.27. The highest BCUT2D eigenvalue weighted by atomic mass is 14.9. The molecule has 1 fully saturated rings. The molecule has 0 radical (unpaired) electrons. The van der Waals surface area contributed by atoms with Crippen LogP contribution in [0.5, 0.6) is 0 Å². The first-order valence-electron chi connectivity index (χ1n) is 2.57. The molecule has 0 atom stereocenters. The minimum atomic E-state index is 1.25. The van der Waals surface area contributed by atoms with Crippen LogP contribution in [0.2, 0.25) is 0 Å². The summed E-state index contributed by atoms with van der Waals surface area (Å²) in [5.74, 6) is 0. The van der Waals surface area contributed by atoms with Crippen molar-refractivity contribution in [3.63, 3.8) is 0 Å². The topological polar surface area (TPSA) is 35.9 Å². The predicted octanol–water partition coefficient (Wildman–Crippen LogP) is 0.636. The van der Waals surface area contributed by atoms with Crippen LogP contribution in [-0.4, -0.2) is 19.3 Å². The van der Waals surface area contributed by atoms with Gasteiger partial charge in [-0.2, -0.15) is 0 Å². The molecule has 0 amide bonds. The van der Waals surface area contributed by atoms with Crippen molar-refractivity contribution in [2.24, 2.45) is 0 Å². The van der Waals surface area contributed by atoms with Crippen LogP contribution in [0.15, 0.2) is 0 Å². The second kappa shape index (κ2) is 5.63. The van der Waals surface area contributed by atoms with Crippen molar-refractivity contribution in [1.82, 2.24) is 5.32 Å². The molecule has 0 spiro atoms. The van der Waals surface area contributed by atoms with E-state index in [1.54, 1.807) is 6.92 Å². The van der Waals surface area contributed by atoms with Crippen LogP contribution in [0.1, 0.15) is 13.3 Å². The van der Waals surface area contributed by atoms with Crippen LogP contribution in [-0.2, 0) is 0 Å². The fraction of sp³-hybridized carbons (Fsp3) is 0.800. The molecule has 7 heavy (non-hydrogen) atoms. The van der Waals surface area contributed by atoms with Crippen molar-refractivity contribution >= 4 is 6.21 Å². The molecule has 1 saturated heterocycles. The largest absolute Gasteiger partial charge is 0.317 e. The van der Waals surface area contributed by atoms with Gasteiger partial charge in [-0.25, -0.2) is 0 Å². The minimum absolute atomic E-state index is 1.25. The maximum absolute atomic E-state index is 6.08. The Hall–Kier alpha value is -0.370.